The molecule has 2 aromatic rings. The van der Waals surface area contributed by atoms with Gasteiger partial charge < -0.3 is 4.90 Å². The van der Waals surface area contributed by atoms with Crippen LogP contribution in [0.2, 0.25) is 0 Å². The van der Waals surface area contributed by atoms with Gasteiger partial charge in [0.15, 0.2) is 0 Å². The third-order valence-corrected chi connectivity index (χ3v) is 4.24. The maximum atomic E-state index is 12.7. The van der Waals surface area contributed by atoms with Crippen LogP contribution in [0.5, 0.6) is 0 Å². The zero-order valence-corrected chi connectivity index (χ0v) is 13.3. The minimum absolute atomic E-state index is 0.0691. The van der Waals surface area contributed by atoms with Crippen molar-refractivity contribution in [3.05, 3.63) is 58.9 Å². The Morgan fingerprint density at radius 1 is 1.14 bits per heavy atom. The number of nitrogens with zero attached hydrogens (tertiary/aromatic N) is 3. The van der Waals surface area contributed by atoms with Crippen molar-refractivity contribution in [3.63, 3.8) is 0 Å². The van der Waals surface area contributed by atoms with Crippen LogP contribution in [0.15, 0.2) is 42.1 Å². The topological polar surface area (TPSA) is 38.1 Å². The molecule has 1 amide bonds. The molecule has 22 heavy (non-hydrogen) atoms. The quantitative estimate of drug-likeness (QED) is 0.797. The van der Waals surface area contributed by atoms with Crippen molar-refractivity contribution >= 4 is 5.91 Å². The average molecular weight is 295 g/mol. The summed E-state index contributed by atoms with van der Waals surface area (Å²) in [6, 6.07) is 8.15. The molecular weight excluding hydrogens is 274 g/mol. The van der Waals surface area contributed by atoms with Crippen molar-refractivity contribution in [1.82, 2.24) is 14.7 Å². The van der Waals surface area contributed by atoms with Crippen LogP contribution >= 0.6 is 0 Å². The Balaban J connectivity index is 1.87. The molecule has 0 radical (unpaired) electrons. The Hall–Kier alpha value is -2.36. The van der Waals surface area contributed by atoms with Gasteiger partial charge in [0.25, 0.3) is 5.91 Å². The summed E-state index contributed by atoms with van der Waals surface area (Å²) in [7, 11) is 0. The van der Waals surface area contributed by atoms with Gasteiger partial charge in [0, 0.05) is 13.1 Å². The minimum atomic E-state index is 0.0691. The number of aromatic nitrogens is 2. The molecule has 2 heterocycles. The van der Waals surface area contributed by atoms with Crippen LogP contribution in [0, 0.1) is 13.8 Å². The zero-order valence-electron chi connectivity index (χ0n) is 13.3. The molecule has 1 aromatic carbocycles. The molecule has 0 atom stereocenters. The molecule has 0 N–H and O–H groups in total. The highest BCUT2D eigenvalue weighted by Crippen LogP contribution is 2.18. The minimum Gasteiger partial charge on any atom is -0.334 e. The monoisotopic (exact) mass is 295 g/mol. The molecule has 0 aliphatic carbocycles. The number of rotatable bonds is 2. The van der Waals surface area contributed by atoms with E-state index in [0.717, 1.165) is 24.3 Å². The van der Waals surface area contributed by atoms with Crippen molar-refractivity contribution in [2.75, 3.05) is 13.1 Å². The van der Waals surface area contributed by atoms with E-state index in [0.29, 0.717) is 12.1 Å². The van der Waals surface area contributed by atoms with Crippen molar-refractivity contribution in [3.8, 4) is 5.69 Å². The van der Waals surface area contributed by atoms with Gasteiger partial charge in [-0.3, -0.25) is 4.79 Å². The van der Waals surface area contributed by atoms with Gasteiger partial charge in [-0.25, -0.2) is 4.68 Å². The van der Waals surface area contributed by atoms with Crippen molar-refractivity contribution in [2.24, 2.45) is 0 Å². The van der Waals surface area contributed by atoms with Gasteiger partial charge in [-0.15, -0.1) is 0 Å². The summed E-state index contributed by atoms with van der Waals surface area (Å²) in [4.78, 5) is 14.6. The van der Waals surface area contributed by atoms with Gasteiger partial charge in [-0.2, -0.15) is 5.10 Å². The Kier molecular flexibility index (Phi) is 3.84. The highest BCUT2D eigenvalue weighted by Gasteiger charge is 2.22. The summed E-state index contributed by atoms with van der Waals surface area (Å²) >= 11 is 0. The molecule has 1 aliphatic rings. The number of benzene rings is 1. The van der Waals surface area contributed by atoms with Crippen LogP contribution in [-0.4, -0.2) is 33.7 Å². The van der Waals surface area contributed by atoms with E-state index in [9.17, 15) is 4.79 Å². The number of amides is 1. The van der Waals surface area contributed by atoms with E-state index in [1.54, 1.807) is 6.20 Å². The molecule has 0 saturated heterocycles. The summed E-state index contributed by atoms with van der Waals surface area (Å²) in [6.45, 7) is 7.60. The third-order valence-electron chi connectivity index (χ3n) is 4.24. The van der Waals surface area contributed by atoms with E-state index in [4.69, 9.17) is 0 Å². The number of hydrogen-bond acceptors (Lipinski definition) is 2. The standard InChI is InChI=1S/C18H21N3O/c1-13-4-6-16(7-5-13)21-15(3)17(12-19-21)18(22)20-10-8-14(2)9-11-20/h4-8,12H,9-11H2,1-3H3. The summed E-state index contributed by atoms with van der Waals surface area (Å²) in [5.74, 6) is 0.0691. The first-order valence-corrected chi connectivity index (χ1v) is 7.63. The number of hydrogen-bond donors (Lipinski definition) is 0. The number of aryl methyl sites for hydroxylation is 1. The van der Waals surface area contributed by atoms with Crippen molar-refractivity contribution in [1.29, 1.82) is 0 Å². The maximum Gasteiger partial charge on any atom is 0.257 e. The molecule has 0 spiro atoms. The molecule has 0 unspecified atom stereocenters. The van der Waals surface area contributed by atoms with Crippen LogP contribution in [0.25, 0.3) is 5.69 Å². The molecule has 0 fully saturated rings. The predicted octanol–water partition coefficient (Wildman–Crippen LogP) is 3.28. The van der Waals surface area contributed by atoms with E-state index in [2.05, 4.69) is 37.2 Å². The van der Waals surface area contributed by atoms with Crippen LogP contribution < -0.4 is 0 Å². The largest absolute Gasteiger partial charge is 0.334 e. The van der Waals surface area contributed by atoms with Gasteiger partial charge in [0.1, 0.15) is 0 Å². The van der Waals surface area contributed by atoms with E-state index in [-0.39, 0.29) is 5.91 Å². The summed E-state index contributed by atoms with van der Waals surface area (Å²) < 4.78 is 1.83. The molecule has 1 aliphatic heterocycles. The SMILES string of the molecule is CC1=CCN(C(=O)c2cnn(-c3ccc(C)cc3)c2C)CC1. The first-order valence-electron chi connectivity index (χ1n) is 7.63. The molecule has 4 nitrogen and oxygen atoms in total. The van der Waals surface area contributed by atoms with Crippen LogP contribution in [0.3, 0.4) is 0 Å². The smallest absolute Gasteiger partial charge is 0.257 e. The van der Waals surface area contributed by atoms with Gasteiger partial charge in [-0.05, 0) is 39.3 Å². The van der Waals surface area contributed by atoms with E-state index in [1.165, 1.54) is 11.1 Å². The second kappa shape index (κ2) is 5.79. The highest BCUT2D eigenvalue weighted by molar-refractivity contribution is 5.95. The summed E-state index contributed by atoms with van der Waals surface area (Å²) in [5.41, 5.74) is 5.13. The lowest BCUT2D eigenvalue weighted by atomic mass is 10.1. The van der Waals surface area contributed by atoms with Crippen LogP contribution in [-0.2, 0) is 0 Å². The first-order chi connectivity index (χ1) is 10.6. The molecule has 0 bridgehead atoms. The van der Waals surface area contributed by atoms with Gasteiger partial charge in [-0.1, -0.05) is 29.3 Å². The molecular formula is C18H21N3O. The van der Waals surface area contributed by atoms with Gasteiger partial charge in [0.2, 0.25) is 0 Å². The first kappa shape index (κ1) is 14.6. The van der Waals surface area contributed by atoms with Crippen LogP contribution in [0.1, 0.15) is 35.0 Å². The Morgan fingerprint density at radius 3 is 2.50 bits per heavy atom. The van der Waals surface area contributed by atoms with Gasteiger partial charge in [0.05, 0.1) is 23.1 Å². The molecule has 4 heteroatoms. The lowest BCUT2D eigenvalue weighted by Crippen LogP contribution is -2.34. The molecule has 0 saturated carbocycles. The Morgan fingerprint density at radius 2 is 1.86 bits per heavy atom. The number of carbonyl (C=O) groups is 1. The number of carbonyl (C=O) groups excluding carboxylic acids is 1. The molecule has 3 rings (SSSR count). The maximum absolute atomic E-state index is 12.7. The summed E-state index contributed by atoms with van der Waals surface area (Å²) in [6.07, 6.45) is 4.76. The Bertz CT molecular complexity index is 725. The van der Waals surface area contributed by atoms with Crippen LogP contribution in [0.4, 0.5) is 0 Å². The van der Waals surface area contributed by atoms with E-state index in [1.807, 2.05) is 28.6 Å². The lowest BCUT2D eigenvalue weighted by Gasteiger charge is -2.25. The van der Waals surface area contributed by atoms with Crippen molar-refractivity contribution in [2.45, 2.75) is 27.2 Å². The fraction of sp³-hybridized carbons (Fsp3) is 0.333. The van der Waals surface area contributed by atoms with E-state index < -0.39 is 0 Å². The van der Waals surface area contributed by atoms with Crippen molar-refractivity contribution < 1.29 is 4.79 Å². The second-order valence-electron chi connectivity index (χ2n) is 5.94. The molecule has 114 valence electrons. The average Bonchev–Trinajstić information content (AvgIpc) is 2.90. The predicted molar refractivity (Wildman–Crippen MR) is 87.3 cm³/mol. The summed E-state index contributed by atoms with van der Waals surface area (Å²) in [5, 5.41) is 4.40. The van der Waals surface area contributed by atoms with E-state index >= 15 is 0 Å². The molecule has 1 aromatic heterocycles. The normalized spacial score (nSPS) is 14.9. The zero-order chi connectivity index (χ0) is 15.7. The lowest BCUT2D eigenvalue weighted by molar-refractivity contribution is 0.0768. The second-order valence-corrected chi connectivity index (χ2v) is 5.94. The fourth-order valence-corrected chi connectivity index (χ4v) is 2.69. The third kappa shape index (κ3) is 2.69. The fourth-order valence-electron chi connectivity index (χ4n) is 2.69. The Labute approximate surface area is 131 Å². The van der Waals surface area contributed by atoms with Gasteiger partial charge >= 0.3 is 0 Å². The highest BCUT2D eigenvalue weighted by atomic mass is 16.2.